The van der Waals surface area contributed by atoms with Gasteiger partial charge in [-0.15, -0.1) is 0 Å². The van der Waals surface area contributed by atoms with Gasteiger partial charge in [0, 0.05) is 12.7 Å². The van der Waals surface area contributed by atoms with Crippen LogP contribution in [0.5, 0.6) is 0 Å². The maximum absolute atomic E-state index is 11.9. The first-order valence-corrected chi connectivity index (χ1v) is 5.49. The molecule has 94 valence electrons. The van der Waals surface area contributed by atoms with Gasteiger partial charge in [-0.3, -0.25) is 9.63 Å². The summed E-state index contributed by atoms with van der Waals surface area (Å²) in [7, 11) is 1.60. The Hall–Kier alpha value is -1.39. The topological polar surface area (TPSA) is 47.6 Å². The van der Waals surface area contributed by atoms with Crippen molar-refractivity contribution in [1.29, 1.82) is 0 Å². The molecule has 1 amide bonds. The highest BCUT2D eigenvalue weighted by atomic mass is 16.7. The van der Waals surface area contributed by atoms with Gasteiger partial charge < -0.3 is 4.74 Å². The second-order valence-electron chi connectivity index (χ2n) is 4.74. The van der Waals surface area contributed by atoms with E-state index in [-0.39, 0.29) is 5.91 Å². The molecule has 0 unspecified atom stereocenters. The van der Waals surface area contributed by atoms with Crippen LogP contribution in [0.1, 0.15) is 36.7 Å². The van der Waals surface area contributed by atoms with Crippen molar-refractivity contribution in [2.75, 3.05) is 7.11 Å². The highest BCUT2D eigenvalue weighted by Crippen LogP contribution is 2.11. The number of hydrogen-bond acceptors (Lipinski definition) is 3. The maximum atomic E-state index is 11.9. The normalized spacial score (nSPS) is 11.3. The predicted molar refractivity (Wildman–Crippen MR) is 65.5 cm³/mol. The molecule has 0 fully saturated rings. The number of rotatable bonds is 4. The molecule has 1 aromatic carbocycles. The van der Waals surface area contributed by atoms with Crippen LogP contribution in [0.4, 0.5) is 0 Å². The van der Waals surface area contributed by atoms with E-state index in [4.69, 9.17) is 9.57 Å². The fourth-order valence-corrected chi connectivity index (χ4v) is 1.28. The largest absolute Gasteiger partial charge is 0.380 e. The van der Waals surface area contributed by atoms with Gasteiger partial charge in [-0.2, -0.15) is 0 Å². The molecular weight excluding hydrogens is 218 g/mol. The molecular formula is C13H19NO3. The molecule has 17 heavy (non-hydrogen) atoms. The number of hydroxylamine groups is 1. The lowest BCUT2D eigenvalue weighted by Crippen LogP contribution is -2.34. The third-order valence-electron chi connectivity index (χ3n) is 2.01. The third-order valence-corrected chi connectivity index (χ3v) is 2.01. The Bertz CT molecular complexity index is 382. The number of carbonyl (C=O) groups is 1. The summed E-state index contributed by atoms with van der Waals surface area (Å²) in [6.45, 7) is 6.01. The first kappa shape index (κ1) is 13.7. The number of benzene rings is 1. The van der Waals surface area contributed by atoms with Crippen molar-refractivity contribution in [3.63, 3.8) is 0 Å². The Balaban J connectivity index is 2.74. The summed E-state index contributed by atoms with van der Waals surface area (Å²) < 4.78 is 5.04. The van der Waals surface area contributed by atoms with Crippen molar-refractivity contribution in [1.82, 2.24) is 5.48 Å². The Kier molecular flexibility index (Phi) is 4.66. The van der Waals surface area contributed by atoms with Gasteiger partial charge in [0.25, 0.3) is 5.91 Å². The number of carbonyl (C=O) groups excluding carboxylic acids is 1. The van der Waals surface area contributed by atoms with Crippen LogP contribution in [0, 0.1) is 0 Å². The molecule has 0 heterocycles. The summed E-state index contributed by atoms with van der Waals surface area (Å²) in [6.07, 6.45) is 0. The molecule has 0 bridgehead atoms. The molecule has 4 heteroatoms. The summed E-state index contributed by atoms with van der Waals surface area (Å²) in [5, 5.41) is 0. The van der Waals surface area contributed by atoms with Crippen molar-refractivity contribution < 1.29 is 14.4 Å². The molecule has 0 spiro atoms. The van der Waals surface area contributed by atoms with E-state index in [9.17, 15) is 4.79 Å². The highest BCUT2D eigenvalue weighted by Gasteiger charge is 2.15. The van der Waals surface area contributed by atoms with E-state index in [2.05, 4.69) is 5.48 Å². The fourth-order valence-electron chi connectivity index (χ4n) is 1.28. The van der Waals surface area contributed by atoms with Crippen LogP contribution in [-0.2, 0) is 16.2 Å². The lowest BCUT2D eigenvalue weighted by molar-refractivity contribution is -0.0590. The van der Waals surface area contributed by atoms with Crippen molar-refractivity contribution in [3.8, 4) is 0 Å². The highest BCUT2D eigenvalue weighted by molar-refractivity contribution is 5.94. The van der Waals surface area contributed by atoms with Gasteiger partial charge in [0.1, 0.15) is 0 Å². The Labute approximate surface area is 102 Å². The number of ether oxygens (including phenoxy) is 1. The molecule has 0 saturated heterocycles. The van der Waals surface area contributed by atoms with Gasteiger partial charge in [-0.1, -0.05) is 18.2 Å². The Morgan fingerprint density at radius 3 is 2.53 bits per heavy atom. The summed E-state index contributed by atoms with van der Waals surface area (Å²) in [6, 6.07) is 7.28. The van der Waals surface area contributed by atoms with Gasteiger partial charge in [-0.25, -0.2) is 5.48 Å². The first-order valence-electron chi connectivity index (χ1n) is 5.49. The summed E-state index contributed by atoms with van der Waals surface area (Å²) in [4.78, 5) is 17.1. The monoisotopic (exact) mass is 237 g/mol. The van der Waals surface area contributed by atoms with Crippen LogP contribution in [0.25, 0.3) is 0 Å². The zero-order chi connectivity index (χ0) is 12.9. The number of amides is 1. The number of nitrogens with one attached hydrogen (secondary N) is 1. The Morgan fingerprint density at radius 2 is 1.94 bits per heavy atom. The smallest absolute Gasteiger partial charge is 0.275 e. The van der Waals surface area contributed by atoms with Crippen LogP contribution < -0.4 is 5.48 Å². The van der Waals surface area contributed by atoms with Crippen LogP contribution in [0.15, 0.2) is 24.3 Å². The minimum absolute atomic E-state index is 0.257. The zero-order valence-electron chi connectivity index (χ0n) is 10.7. The van der Waals surface area contributed by atoms with Crippen molar-refractivity contribution in [2.24, 2.45) is 0 Å². The molecule has 0 aliphatic rings. The molecule has 0 aromatic heterocycles. The second kappa shape index (κ2) is 5.80. The van der Waals surface area contributed by atoms with Gasteiger partial charge in [-0.05, 0) is 32.4 Å². The zero-order valence-corrected chi connectivity index (χ0v) is 10.7. The quantitative estimate of drug-likeness (QED) is 0.817. The first-order chi connectivity index (χ1) is 7.94. The minimum atomic E-state index is -0.411. The molecule has 1 N–H and O–H groups in total. The summed E-state index contributed by atoms with van der Waals surface area (Å²) in [5.41, 5.74) is 3.44. The van der Waals surface area contributed by atoms with Crippen molar-refractivity contribution >= 4 is 5.91 Å². The predicted octanol–water partition coefficient (Wildman–Crippen LogP) is 2.29. The molecule has 4 nitrogen and oxygen atoms in total. The molecule has 0 radical (unpaired) electrons. The van der Waals surface area contributed by atoms with E-state index in [1.54, 1.807) is 13.2 Å². The fraction of sp³-hybridized carbons (Fsp3) is 0.462. The second-order valence-corrected chi connectivity index (χ2v) is 4.74. The van der Waals surface area contributed by atoms with Crippen molar-refractivity contribution in [2.45, 2.75) is 33.0 Å². The van der Waals surface area contributed by atoms with Crippen LogP contribution in [-0.4, -0.2) is 18.6 Å². The number of methoxy groups -OCH3 is 1. The molecule has 0 atom stereocenters. The van der Waals surface area contributed by atoms with Gasteiger partial charge in [0.2, 0.25) is 0 Å². The van der Waals surface area contributed by atoms with E-state index in [0.29, 0.717) is 12.2 Å². The SMILES string of the molecule is COCc1ccccc1C(=O)NOC(C)(C)C. The average molecular weight is 237 g/mol. The number of hydrogen-bond donors (Lipinski definition) is 1. The lowest BCUT2D eigenvalue weighted by Gasteiger charge is -2.19. The maximum Gasteiger partial charge on any atom is 0.275 e. The van der Waals surface area contributed by atoms with E-state index in [1.807, 2.05) is 39.0 Å². The van der Waals surface area contributed by atoms with E-state index in [1.165, 1.54) is 0 Å². The summed E-state index contributed by atoms with van der Waals surface area (Å²) in [5.74, 6) is -0.257. The van der Waals surface area contributed by atoms with E-state index < -0.39 is 5.60 Å². The van der Waals surface area contributed by atoms with Crippen LogP contribution in [0.3, 0.4) is 0 Å². The van der Waals surface area contributed by atoms with Crippen molar-refractivity contribution in [3.05, 3.63) is 35.4 Å². The molecule has 0 saturated carbocycles. The molecule has 1 aromatic rings. The molecule has 0 aliphatic carbocycles. The lowest BCUT2D eigenvalue weighted by atomic mass is 10.1. The van der Waals surface area contributed by atoms with Gasteiger partial charge >= 0.3 is 0 Å². The molecule has 1 rings (SSSR count). The van der Waals surface area contributed by atoms with E-state index >= 15 is 0 Å². The third kappa shape index (κ3) is 4.54. The van der Waals surface area contributed by atoms with Crippen LogP contribution >= 0.6 is 0 Å². The molecule has 0 aliphatic heterocycles. The van der Waals surface area contributed by atoms with Gasteiger partial charge in [0.05, 0.1) is 12.2 Å². The van der Waals surface area contributed by atoms with Crippen LogP contribution in [0.2, 0.25) is 0 Å². The standard InChI is InChI=1S/C13H19NO3/c1-13(2,3)17-14-12(15)11-8-6-5-7-10(11)9-16-4/h5-8H,9H2,1-4H3,(H,14,15). The Morgan fingerprint density at radius 1 is 1.29 bits per heavy atom. The average Bonchev–Trinajstić information content (AvgIpc) is 2.26. The minimum Gasteiger partial charge on any atom is -0.380 e. The van der Waals surface area contributed by atoms with Gasteiger partial charge in [0.15, 0.2) is 0 Å². The summed E-state index contributed by atoms with van der Waals surface area (Å²) >= 11 is 0. The van der Waals surface area contributed by atoms with E-state index in [0.717, 1.165) is 5.56 Å².